The zero-order valence-corrected chi connectivity index (χ0v) is 12.5. The summed E-state index contributed by atoms with van der Waals surface area (Å²) in [5, 5.41) is 9.54. The first kappa shape index (κ1) is 14.1. The molecule has 0 saturated carbocycles. The first-order chi connectivity index (χ1) is 9.08. The summed E-state index contributed by atoms with van der Waals surface area (Å²) in [6.45, 7) is 11.8. The number of hydrogen-bond donors (Lipinski definition) is 1. The van der Waals surface area contributed by atoms with E-state index in [0.29, 0.717) is 11.8 Å². The number of nitrogens with one attached hydrogen (secondary N) is 1. The largest absolute Gasteiger partial charge is 0.311 e. The molecule has 1 N–H and O–H groups in total. The van der Waals surface area contributed by atoms with Crippen LogP contribution in [-0.4, -0.2) is 16.3 Å². The summed E-state index contributed by atoms with van der Waals surface area (Å²) in [5.41, 5.74) is 2.41. The maximum Gasteiger partial charge on any atom is 0.0841 e. The predicted molar refractivity (Wildman–Crippen MR) is 81.1 cm³/mol. The van der Waals surface area contributed by atoms with Crippen LogP contribution in [0.1, 0.15) is 33.4 Å². The molecular weight excluding hydrogens is 234 g/mol. The average Bonchev–Trinajstić information content (AvgIpc) is 2.67. The van der Waals surface area contributed by atoms with E-state index in [1.54, 1.807) is 0 Å². The van der Waals surface area contributed by atoms with Gasteiger partial charge < -0.3 is 5.32 Å². The lowest BCUT2D eigenvalue weighted by atomic mass is 10.2. The van der Waals surface area contributed by atoms with Crippen LogP contribution in [0, 0.1) is 11.8 Å². The quantitative estimate of drug-likeness (QED) is 0.861. The van der Waals surface area contributed by atoms with E-state index in [-0.39, 0.29) is 0 Å². The number of benzene rings is 1. The molecule has 1 heterocycles. The Kier molecular flexibility index (Phi) is 4.59. The SMILES string of the molecule is CC(C)CNCc1nn(CC(C)C)c2ccccc12. The van der Waals surface area contributed by atoms with Gasteiger partial charge in [0.2, 0.25) is 0 Å². The first-order valence-corrected chi connectivity index (χ1v) is 7.23. The van der Waals surface area contributed by atoms with E-state index in [1.807, 2.05) is 0 Å². The molecule has 2 aromatic rings. The van der Waals surface area contributed by atoms with Crippen molar-refractivity contribution < 1.29 is 0 Å². The van der Waals surface area contributed by atoms with Crippen molar-refractivity contribution in [2.75, 3.05) is 6.54 Å². The van der Waals surface area contributed by atoms with Crippen LogP contribution in [-0.2, 0) is 13.1 Å². The average molecular weight is 259 g/mol. The highest BCUT2D eigenvalue weighted by Gasteiger charge is 2.10. The van der Waals surface area contributed by atoms with Crippen molar-refractivity contribution in [3.05, 3.63) is 30.0 Å². The summed E-state index contributed by atoms with van der Waals surface area (Å²) in [6, 6.07) is 8.52. The van der Waals surface area contributed by atoms with Crippen LogP contribution in [0.3, 0.4) is 0 Å². The number of fused-ring (bicyclic) bond motifs is 1. The third-order valence-corrected chi connectivity index (χ3v) is 3.12. The Labute approximate surface area is 116 Å². The number of rotatable bonds is 6. The minimum atomic E-state index is 0.611. The summed E-state index contributed by atoms with van der Waals surface area (Å²) >= 11 is 0. The van der Waals surface area contributed by atoms with Gasteiger partial charge in [0.05, 0.1) is 11.2 Å². The second-order valence-corrected chi connectivity index (χ2v) is 6.06. The van der Waals surface area contributed by atoms with Crippen LogP contribution in [0.5, 0.6) is 0 Å². The van der Waals surface area contributed by atoms with Crippen molar-refractivity contribution >= 4 is 10.9 Å². The van der Waals surface area contributed by atoms with Crippen molar-refractivity contribution in [3.63, 3.8) is 0 Å². The molecule has 3 heteroatoms. The predicted octanol–water partition coefficient (Wildman–Crippen LogP) is 3.44. The topological polar surface area (TPSA) is 29.9 Å². The van der Waals surface area contributed by atoms with E-state index in [9.17, 15) is 0 Å². The van der Waals surface area contributed by atoms with E-state index in [2.05, 4.69) is 62.0 Å². The van der Waals surface area contributed by atoms with Crippen LogP contribution >= 0.6 is 0 Å². The molecule has 0 unspecified atom stereocenters. The Morgan fingerprint density at radius 2 is 1.84 bits per heavy atom. The lowest BCUT2D eigenvalue weighted by Crippen LogP contribution is -2.19. The fourth-order valence-corrected chi connectivity index (χ4v) is 2.29. The van der Waals surface area contributed by atoms with Gasteiger partial charge in [-0.2, -0.15) is 5.10 Å². The van der Waals surface area contributed by atoms with Crippen LogP contribution in [0.15, 0.2) is 24.3 Å². The lowest BCUT2D eigenvalue weighted by Gasteiger charge is -2.06. The molecule has 3 nitrogen and oxygen atoms in total. The standard InChI is InChI=1S/C16H25N3/c1-12(2)9-17-10-15-14-7-5-6-8-16(14)19(18-15)11-13(3)4/h5-8,12-13,17H,9-11H2,1-4H3. The van der Waals surface area contributed by atoms with Crippen molar-refractivity contribution in [1.82, 2.24) is 15.1 Å². The molecule has 19 heavy (non-hydrogen) atoms. The Morgan fingerprint density at radius 1 is 1.11 bits per heavy atom. The molecule has 1 aromatic heterocycles. The second kappa shape index (κ2) is 6.20. The molecule has 1 aromatic carbocycles. The Morgan fingerprint density at radius 3 is 2.53 bits per heavy atom. The zero-order valence-electron chi connectivity index (χ0n) is 12.5. The van der Waals surface area contributed by atoms with E-state index in [0.717, 1.165) is 25.3 Å². The molecule has 0 bridgehead atoms. The van der Waals surface area contributed by atoms with Crippen LogP contribution < -0.4 is 5.32 Å². The Hall–Kier alpha value is -1.35. The van der Waals surface area contributed by atoms with E-state index < -0.39 is 0 Å². The Bertz CT molecular complexity index is 526. The maximum atomic E-state index is 4.78. The third kappa shape index (κ3) is 3.57. The fourth-order valence-electron chi connectivity index (χ4n) is 2.29. The monoisotopic (exact) mass is 259 g/mol. The summed E-state index contributed by atoms with van der Waals surface area (Å²) < 4.78 is 2.15. The number of para-hydroxylation sites is 1. The van der Waals surface area contributed by atoms with Crippen LogP contribution in [0.2, 0.25) is 0 Å². The molecule has 2 rings (SSSR count). The van der Waals surface area contributed by atoms with E-state index in [4.69, 9.17) is 5.10 Å². The number of hydrogen-bond acceptors (Lipinski definition) is 2. The molecule has 0 atom stereocenters. The van der Waals surface area contributed by atoms with E-state index >= 15 is 0 Å². The van der Waals surface area contributed by atoms with Crippen LogP contribution in [0.4, 0.5) is 0 Å². The third-order valence-electron chi connectivity index (χ3n) is 3.12. The highest BCUT2D eigenvalue weighted by atomic mass is 15.3. The minimum absolute atomic E-state index is 0.611. The summed E-state index contributed by atoms with van der Waals surface area (Å²) in [5.74, 6) is 1.28. The molecule has 0 spiro atoms. The normalized spacial score (nSPS) is 11.9. The Balaban J connectivity index is 2.23. The molecule has 0 aliphatic heterocycles. The van der Waals surface area contributed by atoms with E-state index in [1.165, 1.54) is 10.9 Å². The van der Waals surface area contributed by atoms with Gasteiger partial charge in [-0.3, -0.25) is 4.68 Å². The molecule has 0 aliphatic carbocycles. The number of nitrogens with zero attached hydrogens (tertiary/aromatic N) is 2. The van der Waals surface area contributed by atoms with Gasteiger partial charge in [0, 0.05) is 18.5 Å². The molecule has 0 amide bonds. The smallest absolute Gasteiger partial charge is 0.0841 e. The summed E-state index contributed by atoms with van der Waals surface area (Å²) in [6.07, 6.45) is 0. The summed E-state index contributed by atoms with van der Waals surface area (Å²) in [4.78, 5) is 0. The van der Waals surface area contributed by atoms with Crippen LogP contribution in [0.25, 0.3) is 10.9 Å². The molecule has 0 radical (unpaired) electrons. The van der Waals surface area contributed by atoms with Gasteiger partial charge in [0.25, 0.3) is 0 Å². The molecule has 104 valence electrons. The van der Waals surface area contributed by atoms with Gasteiger partial charge in [0.1, 0.15) is 0 Å². The first-order valence-electron chi connectivity index (χ1n) is 7.23. The highest BCUT2D eigenvalue weighted by molar-refractivity contribution is 5.81. The van der Waals surface area contributed by atoms with Crippen molar-refractivity contribution in [2.24, 2.45) is 11.8 Å². The van der Waals surface area contributed by atoms with Gasteiger partial charge in [-0.1, -0.05) is 45.9 Å². The molecule has 0 aliphatic rings. The van der Waals surface area contributed by atoms with Gasteiger partial charge in [-0.05, 0) is 24.4 Å². The van der Waals surface area contributed by atoms with Gasteiger partial charge in [-0.25, -0.2) is 0 Å². The van der Waals surface area contributed by atoms with Gasteiger partial charge in [-0.15, -0.1) is 0 Å². The number of aromatic nitrogens is 2. The van der Waals surface area contributed by atoms with Crippen molar-refractivity contribution in [2.45, 2.75) is 40.8 Å². The fraction of sp³-hybridized carbons (Fsp3) is 0.562. The molecular formula is C16H25N3. The molecule has 0 fully saturated rings. The second-order valence-electron chi connectivity index (χ2n) is 6.06. The maximum absolute atomic E-state index is 4.78. The zero-order chi connectivity index (χ0) is 13.8. The lowest BCUT2D eigenvalue weighted by molar-refractivity contribution is 0.485. The van der Waals surface area contributed by atoms with Crippen molar-refractivity contribution in [3.8, 4) is 0 Å². The summed E-state index contributed by atoms with van der Waals surface area (Å²) in [7, 11) is 0. The minimum Gasteiger partial charge on any atom is -0.311 e. The van der Waals surface area contributed by atoms with Gasteiger partial charge in [0.15, 0.2) is 0 Å². The highest BCUT2D eigenvalue weighted by Crippen LogP contribution is 2.19. The molecule has 0 saturated heterocycles. The van der Waals surface area contributed by atoms with Crippen molar-refractivity contribution in [1.29, 1.82) is 0 Å². The van der Waals surface area contributed by atoms with Gasteiger partial charge >= 0.3 is 0 Å².